The maximum Gasteiger partial charge on any atom is 0.254 e. The lowest BCUT2D eigenvalue weighted by Gasteiger charge is -2.26. The number of aromatic nitrogens is 2. The van der Waals surface area contributed by atoms with E-state index in [1.54, 1.807) is 0 Å². The number of hydrogen-bond donors (Lipinski definition) is 2. The molecule has 0 radical (unpaired) electrons. The van der Waals surface area contributed by atoms with E-state index in [2.05, 4.69) is 19.7 Å². The van der Waals surface area contributed by atoms with Crippen LogP contribution in [0.3, 0.4) is 0 Å². The average molecular weight is 376 g/mol. The molecule has 0 atom stereocenters. The molecule has 0 saturated heterocycles. The first-order chi connectivity index (χ1) is 13.4. The van der Waals surface area contributed by atoms with Crippen molar-refractivity contribution in [2.45, 2.75) is 64.2 Å². The van der Waals surface area contributed by atoms with Crippen LogP contribution in [0.4, 0.5) is 11.4 Å². The molecule has 2 aliphatic rings. The fourth-order valence-electron chi connectivity index (χ4n) is 3.64. The Morgan fingerprint density at radius 1 is 0.857 bits per heavy atom. The van der Waals surface area contributed by atoms with Gasteiger partial charge in [-0.3, -0.25) is 9.59 Å². The largest absolute Gasteiger partial charge is 0.335 e. The molecule has 2 fully saturated rings. The number of rotatable bonds is 2. The van der Waals surface area contributed by atoms with Crippen molar-refractivity contribution in [3.63, 3.8) is 0 Å². The van der Waals surface area contributed by atoms with E-state index in [4.69, 9.17) is 13.1 Å². The van der Waals surface area contributed by atoms with Gasteiger partial charge in [-0.1, -0.05) is 12.8 Å². The predicted molar refractivity (Wildman–Crippen MR) is 109 cm³/mol. The van der Waals surface area contributed by atoms with Crippen LogP contribution < -0.4 is 11.1 Å². The summed E-state index contributed by atoms with van der Waals surface area (Å²) in [6, 6.07) is 3.89. The van der Waals surface area contributed by atoms with Crippen LogP contribution in [0.15, 0.2) is 21.7 Å². The van der Waals surface area contributed by atoms with Gasteiger partial charge in [0.15, 0.2) is 0 Å². The Balaban J connectivity index is 0.000000161. The number of hydrogen-bond acceptors (Lipinski definition) is 2. The van der Waals surface area contributed by atoms with Crippen molar-refractivity contribution in [1.29, 1.82) is 0 Å². The van der Waals surface area contributed by atoms with Gasteiger partial charge in [0.2, 0.25) is 0 Å². The summed E-state index contributed by atoms with van der Waals surface area (Å²) in [6.07, 6.45) is 7.01. The third-order valence-corrected chi connectivity index (χ3v) is 5.70. The van der Waals surface area contributed by atoms with E-state index in [9.17, 15) is 9.59 Å². The van der Waals surface area contributed by atoms with Crippen LogP contribution in [-0.4, -0.2) is 9.97 Å². The molecule has 0 bridgehead atoms. The lowest BCUT2D eigenvalue weighted by molar-refractivity contribution is 0.410. The van der Waals surface area contributed by atoms with Crippen molar-refractivity contribution in [2.24, 2.45) is 0 Å². The summed E-state index contributed by atoms with van der Waals surface area (Å²) in [4.78, 5) is 34.9. The minimum Gasteiger partial charge on any atom is -0.335 e. The van der Waals surface area contributed by atoms with Gasteiger partial charge < -0.3 is 9.97 Å². The van der Waals surface area contributed by atoms with Crippen LogP contribution in [0.1, 0.15) is 72.9 Å². The fraction of sp³-hybridized carbons (Fsp3) is 0.455. The normalized spacial score (nSPS) is 16.0. The number of H-pyrrole nitrogens is 2. The SMILES string of the molecule is [C-]#[N+]c1c(C)cc(C2CCC2)[nH]c1=O.[C-]#[N+]c1c(C2CCC2)cc(C)[nH]c1=O. The summed E-state index contributed by atoms with van der Waals surface area (Å²) in [5.41, 5.74) is 3.66. The summed E-state index contributed by atoms with van der Waals surface area (Å²) < 4.78 is 0. The highest BCUT2D eigenvalue weighted by Gasteiger charge is 2.24. The molecule has 144 valence electrons. The molecule has 4 rings (SSSR count). The molecule has 0 aliphatic heterocycles. The van der Waals surface area contributed by atoms with Gasteiger partial charge in [0.05, 0.1) is 13.1 Å². The smallest absolute Gasteiger partial charge is 0.254 e. The monoisotopic (exact) mass is 376 g/mol. The quantitative estimate of drug-likeness (QED) is 0.724. The molecule has 6 heteroatoms. The van der Waals surface area contributed by atoms with E-state index in [0.717, 1.165) is 48.2 Å². The minimum atomic E-state index is -0.234. The second-order valence-electron chi connectivity index (χ2n) is 7.65. The molecule has 0 amide bonds. The Morgan fingerprint density at radius 2 is 1.43 bits per heavy atom. The standard InChI is InChI=1S/2C11H12N2O/c1-7-6-9(8-4-3-5-8)10(12-2)11(14)13-7;1-7-6-9(8-4-3-5-8)13-11(14)10(7)12-2/h2*6,8H,3-5H2,1H3,(H,13,14). The zero-order chi connectivity index (χ0) is 20.3. The van der Waals surface area contributed by atoms with Crippen LogP contribution in [0.2, 0.25) is 0 Å². The van der Waals surface area contributed by atoms with Crippen molar-refractivity contribution in [2.75, 3.05) is 0 Å². The van der Waals surface area contributed by atoms with Gasteiger partial charge >= 0.3 is 0 Å². The first-order valence-electron chi connectivity index (χ1n) is 9.67. The molecule has 2 heterocycles. The summed E-state index contributed by atoms with van der Waals surface area (Å²) in [5.74, 6) is 0.960. The third kappa shape index (κ3) is 3.92. The van der Waals surface area contributed by atoms with Gasteiger partial charge in [-0.2, -0.15) is 0 Å². The van der Waals surface area contributed by atoms with Gasteiger partial charge in [0, 0.05) is 11.4 Å². The highest BCUT2D eigenvalue weighted by molar-refractivity contribution is 5.53. The number of pyridine rings is 2. The molecule has 6 nitrogen and oxygen atoms in total. The number of nitrogens with zero attached hydrogens (tertiary/aromatic N) is 2. The average Bonchev–Trinajstić information content (AvgIpc) is 2.51. The topological polar surface area (TPSA) is 74.4 Å². The molecule has 0 aromatic carbocycles. The highest BCUT2D eigenvalue weighted by atomic mass is 16.1. The molecule has 28 heavy (non-hydrogen) atoms. The van der Waals surface area contributed by atoms with Gasteiger partial charge in [-0.05, 0) is 74.6 Å². The van der Waals surface area contributed by atoms with Crippen LogP contribution >= 0.6 is 0 Å². The van der Waals surface area contributed by atoms with Gasteiger partial charge in [0.25, 0.3) is 22.5 Å². The van der Waals surface area contributed by atoms with E-state index >= 15 is 0 Å². The molecular formula is C22H24N4O2. The first-order valence-corrected chi connectivity index (χ1v) is 9.67. The molecule has 2 aromatic heterocycles. The lowest BCUT2D eigenvalue weighted by Crippen LogP contribution is -2.16. The van der Waals surface area contributed by atoms with Gasteiger partial charge in [-0.15, -0.1) is 0 Å². The fourth-order valence-corrected chi connectivity index (χ4v) is 3.64. The lowest BCUT2D eigenvalue weighted by atomic mass is 9.79. The summed E-state index contributed by atoms with van der Waals surface area (Å²) in [5, 5.41) is 0. The Bertz CT molecular complexity index is 1070. The second kappa shape index (κ2) is 8.27. The molecule has 2 aliphatic carbocycles. The van der Waals surface area contributed by atoms with Crippen molar-refractivity contribution in [1.82, 2.24) is 9.97 Å². The van der Waals surface area contributed by atoms with Crippen LogP contribution in [0.5, 0.6) is 0 Å². The number of nitrogens with one attached hydrogen (secondary N) is 2. The van der Waals surface area contributed by atoms with E-state index in [1.807, 2.05) is 26.0 Å². The van der Waals surface area contributed by atoms with Crippen LogP contribution in [0, 0.1) is 27.0 Å². The Morgan fingerprint density at radius 3 is 1.89 bits per heavy atom. The maximum atomic E-state index is 11.5. The minimum absolute atomic E-state index is 0.230. The van der Waals surface area contributed by atoms with Crippen LogP contribution in [-0.2, 0) is 0 Å². The molecule has 2 aromatic rings. The van der Waals surface area contributed by atoms with Crippen molar-refractivity contribution in [3.8, 4) is 0 Å². The molecule has 0 spiro atoms. The van der Waals surface area contributed by atoms with E-state index < -0.39 is 0 Å². The molecule has 2 N–H and O–H groups in total. The Labute approximate surface area is 164 Å². The van der Waals surface area contributed by atoms with E-state index in [1.165, 1.54) is 12.8 Å². The Hall–Kier alpha value is -3.12. The molecule has 2 saturated carbocycles. The van der Waals surface area contributed by atoms with Crippen molar-refractivity contribution >= 4 is 11.4 Å². The van der Waals surface area contributed by atoms with Gasteiger partial charge in [-0.25, -0.2) is 9.69 Å². The van der Waals surface area contributed by atoms with E-state index in [-0.39, 0.29) is 16.8 Å². The van der Waals surface area contributed by atoms with Gasteiger partial charge in [0.1, 0.15) is 0 Å². The summed E-state index contributed by atoms with van der Waals surface area (Å²) in [7, 11) is 0. The Kier molecular flexibility index (Phi) is 5.80. The zero-order valence-electron chi connectivity index (χ0n) is 16.3. The molecular weight excluding hydrogens is 352 g/mol. The predicted octanol–water partition coefficient (Wildman–Crippen LogP) is 5.00. The number of aromatic amines is 2. The second-order valence-corrected chi connectivity index (χ2v) is 7.65. The zero-order valence-corrected chi connectivity index (χ0v) is 16.3. The molecule has 0 unspecified atom stereocenters. The first kappa shape index (κ1) is 19.6. The summed E-state index contributed by atoms with van der Waals surface area (Å²) >= 11 is 0. The van der Waals surface area contributed by atoms with Crippen molar-refractivity contribution < 1.29 is 0 Å². The highest BCUT2D eigenvalue weighted by Crippen LogP contribution is 2.39. The van der Waals surface area contributed by atoms with Crippen LogP contribution in [0.25, 0.3) is 9.69 Å². The third-order valence-electron chi connectivity index (χ3n) is 5.70. The van der Waals surface area contributed by atoms with Crippen molar-refractivity contribution in [3.05, 3.63) is 78.2 Å². The summed E-state index contributed by atoms with van der Waals surface area (Å²) in [6.45, 7) is 17.5. The maximum absolute atomic E-state index is 11.5. The van der Waals surface area contributed by atoms with E-state index in [0.29, 0.717) is 17.5 Å². The number of aryl methyl sites for hydroxylation is 2.